The Morgan fingerprint density at radius 3 is 1.39 bits per heavy atom. The van der Waals surface area contributed by atoms with Crippen LogP contribution in [0.25, 0.3) is 115 Å². The fourth-order valence-electron chi connectivity index (χ4n) is 9.47. The van der Waals surface area contributed by atoms with Gasteiger partial charge in [0.05, 0.1) is 0 Å². The van der Waals surface area contributed by atoms with Crippen molar-refractivity contribution >= 4 is 70.6 Å². The Bertz CT molecular complexity index is 3450. The van der Waals surface area contributed by atoms with Crippen molar-refractivity contribution < 1.29 is 4.42 Å². The van der Waals surface area contributed by atoms with Crippen molar-refractivity contribution in [3.63, 3.8) is 0 Å². The zero-order valence-corrected chi connectivity index (χ0v) is 32.5. The summed E-state index contributed by atoms with van der Waals surface area (Å²) in [6, 6.07) is 68.2. The monoisotopic (exact) mass is 750 g/mol. The maximum absolute atomic E-state index is 6.62. The molecule has 0 aliphatic heterocycles. The molecule has 1 aromatic heterocycles. The Hall–Kier alpha value is -7.74. The molecule has 276 valence electrons. The zero-order valence-electron chi connectivity index (χ0n) is 32.5. The molecule has 1 heterocycles. The zero-order chi connectivity index (χ0) is 39.5. The SMILES string of the molecule is C=C/C=C(\C=C)c1ccc2c(-c3ccc(-c4c5ccccc5c(-c5cccc6c5oc5ccccc56)c5ccccc45)cc3)c3ccccc3c(-c3ccccc3)c2c1. The van der Waals surface area contributed by atoms with Gasteiger partial charge in [-0.3, -0.25) is 0 Å². The van der Waals surface area contributed by atoms with Gasteiger partial charge >= 0.3 is 0 Å². The quantitative estimate of drug-likeness (QED) is 0.117. The summed E-state index contributed by atoms with van der Waals surface area (Å²) in [4.78, 5) is 0. The van der Waals surface area contributed by atoms with E-state index in [0.29, 0.717) is 0 Å². The van der Waals surface area contributed by atoms with Crippen LogP contribution in [-0.2, 0) is 0 Å². The van der Waals surface area contributed by atoms with Gasteiger partial charge < -0.3 is 4.42 Å². The lowest BCUT2D eigenvalue weighted by Crippen LogP contribution is -1.93. The Morgan fingerprint density at radius 2 is 0.831 bits per heavy atom. The Labute approximate surface area is 343 Å². The van der Waals surface area contributed by atoms with Gasteiger partial charge in [-0.05, 0) is 99.7 Å². The number of hydrogen-bond donors (Lipinski definition) is 0. The van der Waals surface area contributed by atoms with Crippen molar-refractivity contribution in [3.8, 4) is 44.5 Å². The van der Waals surface area contributed by atoms with Gasteiger partial charge in [-0.1, -0.05) is 207 Å². The van der Waals surface area contributed by atoms with E-state index in [1.165, 1.54) is 82.0 Å². The minimum atomic E-state index is 0.905. The van der Waals surface area contributed by atoms with Crippen molar-refractivity contribution in [2.24, 2.45) is 0 Å². The van der Waals surface area contributed by atoms with E-state index in [0.717, 1.165) is 38.6 Å². The van der Waals surface area contributed by atoms with Crippen LogP contribution < -0.4 is 0 Å². The average molecular weight is 751 g/mol. The first-order valence-electron chi connectivity index (χ1n) is 20.2. The Kier molecular flexibility index (Phi) is 8.20. The molecule has 0 fully saturated rings. The van der Waals surface area contributed by atoms with Crippen LogP contribution in [0.15, 0.2) is 224 Å². The molecule has 0 aliphatic carbocycles. The van der Waals surface area contributed by atoms with Crippen molar-refractivity contribution in [1.82, 2.24) is 0 Å². The number of fused-ring (bicyclic) bond motifs is 7. The van der Waals surface area contributed by atoms with Crippen LogP contribution in [0.1, 0.15) is 5.56 Å². The van der Waals surface area contributed by atoms with E-state index in [1.807, 2.05) is 24.3 Å². The van der Waals surface area contributed by atoms with Crippen LogP contribution in [-0.4, -0.2) is 0 Å². The van der Waals surface area contributed by atoms with E-state index in [1.54, 1.807) is 0 Å². The summed E-state index contributed by atoms with van der Waals surface area (Å²) in [7, 11) is 0. The smallest absolute Gasteiger partial charge is 0.143 e. The van der Waals surface area contributed by atoms with E-state index >= 15 is 0 Å². The highest BCUT2D eigenvalue weighted by atomic mass is 16.3. The molecule has 0 amide bonds. The van der Waals surface area contributed by atoms with Gasteiger partial charge in [0.15, 0.2) is 0 Å². The summed E-state index contributed by atoms with van der Waals surface area (Å²) in [5.74, 6) is 0. The predicted octanol–water partition coefficient (Wildman–Crippen LogP) is 16.6. The van der Waals surface area contributed by atoms with E-state index in [-0.39, 0.29) is 0 Å². The summed E-state index contributed by atoms with van der Waals surface area (Å²) in [6.07, 6.45) is 5.76. The highest BCUT2D eigenvalue weighted by Crippen LogP contribution is 2.48. The maximum atomic E-state index is 6.62. The lowest BCUT2D eigenvalue weighted by atomic mass is 9.83. The molecule has 10 aromatic carbocycles. The van der Waals surface area contributed by atoms with Gasteiger partial charge in [0, 0.05) is 21.9 Å². The first-order chi connectivity index (χ1) is 29.2. The second-order valence-corrected chi connectivity index (χ2v) is 15.2. The molecule has 0 atom stereocenters. The summed E-state index contributed by atoms with van der Waals surface area (Å²) in [6.45, 7) is 8.09. The van der Waals surface area contributed by atoms with Gasteiger partial charge in [-0.15, -0.1) is 0 Å². The molecular weight excluding hydrogens is 713 g/mol. The fourth-order valence-corrected chi connectivity index (χ4v) is 9.47. The second-order valence-electron chi connectivity index (χ2n) is 15.2. The largest absolute Gasteiger partial charge is 0.455 e. The first-order valence-corrected chi connectivity index (χ1v) is 20.2. The standard InChI is InChI=1S/C58H38O/c1-3-17-37(4-2)41-34-35-49-52(36-41)56(38-18-6-5-7-19-38)44-22-9-8-21-43(44)55(49)40-32-30-39(31-33-40)54-45-23-10-12-25-47(45)57(48-26-13-11-24-46(48)54)51-28-16-27-50-42-20-14-15-29-53(42)59-58(50)51/h3-36H,1-2H2/b37-17+. The Balaban J connectivity index is 1.14. The van der Waals surface area contributed by atoms with Crippen LogP contribution in [0.3, 0.4) is 0 Å². The van der Waals surface area contributed by atoms with E-state index in [9.17, 15) is 0 Å². The molecule has 0 aliphatic rings. The summed E-state index contributed by atoms with van der Waals surface area (Å²) in [5.41, 5.74) is 13.5. The molecule has 0 bridgehead atoms. The third-order valence-electron chi connectivity index (χ3n) is 12.0. The van der Waals surface area contributed by atoms with Crippen LogP contribution >= 0.6 is 0 Å². The molecule has 59 heavy (non-hydrogen) atoms. The molecule has 11 aromatic rings. The van der Waals surface area contributed by atoms with Gasteiger partial charge in [0.1, 0.15) is 11.2 Å². The van der Waals surface area contributed by atoms with Gasteiger partial charge in [-0.25, -0.2) is 0 Å². The lowest BCUT2D eigenvalue weighted by molar-refractivity contribution is 0.670. The molecule has 0 N–H and O–H groups in total. The van der Waals surface area contributed by atoms with Crippen LogP contribution in [0.4, 0.5) is 0 Å². The van der Waals surface area contributed by atoms with Gasteiger partial charge in [0.2, 0.25) is 0 Å². The molecule has 0 unspecified atom stereocenters. The lowest BCUT2D eigenvalue weighted by Gasteiger charge is -2.20. The van der Waals surface area contributed by atoms with Crippen molar-refractivity contribution in [2.75, 3.05) is 0 Å². The third kappa shape index (κ3) is 5.47. The van der Waals surface area contributed by atoms with Crippen LogP contribution in [0.2, 0.25) is 0 Å². The number of rotatable bonds is 7. The van der Waals surface area contributed by atoms with Crippen LogP contribution in [0.5, 0.6) is 0 Å². The molecule has 0 saturated carbocycles. The number of benzene rings is 10. The van der Waals surface area contributed by atoms with E-state index in [4.69, 9.17) is 4.42 Å². The molecule has 1 heteroatoms. The summed E-state index contributed by atoms with van der Waals surface area (Å²) >= 11 is 0. The average Bonchev–Trinajstić information content (AvgIpc) is 3.69. The van der Waals surface area contributed by atoms with Crippen molar-refractivity contribution in [2.45, 2.75) is 0 Å². The summed E-state index contributed by atoms with van der Waals surface area (Å²) < 4.78 is 6.62. The predicted molar refractivity (Wildman–Crippen MR) is 254 cm³/mol. The highest BCUT2D eigenvalue weighted by molar-refractivity contribution is 6.25. The highest BCUT2D eigenvalue weighted by Gasteiger charge is 2.21. The second kappa shape index (κ2) is 14.0. The van der Waals surface area contributed by atoms with E-state index in [2.05, 4.69) is 195 Å². The number of para-hydroxylation sites is 2. The minimum absolute atomic E-state index is 0.905. The van der Waals surface area contributed by atoms with E-state index < -0.39 is 0 Å². The topological polar surface area (TPSA) is 13.1 Å². The molecule has 0 saturated heterocycles. The minimum Gasteiger partial charge on any atom is -0.455 e. The Morgan fingerprint density at radius 1 is 0.373 bits per heavy atom. The third-order valence-corrected chi connectivity index (χ3v) is 12.0. The van der Waals surface area contributed by atoms with Crippen molar-refractivity contribution in [1.29, 1.82) is 0 Å². The first kappa shape index (κ1) is 34.5. The number of furan rings is 1. The number of allylic oxidation sites excluding steroid dienone is 4. The number of hydrogen-bond acceptors (Lipinski definition) is 1. The van der Waals surface area contributed by atoms with Gasteiger partial charge in [-0.2, -0.15) is 0 Å². The fraction of sp³-hybridized carbons (Fsp3) is 0. The molecule has 11 rings (SSSR count). The molecule has 0 spiro atoms. The maximum Gasteiger partial charge on any atom is 0.143 e. The molecule has 1 nitrogen and oxygen atoms in total. The summed E-state index contributed by atoms with van der Waals surface area (Å²) in [5, 5.41) is 12.0. The van der Waals surface area contributed by atoms with Crippen molar-refractivity contribution in [3.05, 3.63) is 225 Å². The normalized spacial score (nSPS) is 12.0. The molecular formula is C58H38O. The van der Waals surface area contributed by atoms with Crippen LogP contribution in [0, 0.1) is 0 Å². The van der Waals surface area contributed by atoms with Gasteiger partial charge in [0.25, 0.3) is 0 Å². The molecule has 0 radical (unpaired) electrons.